The number of quaternary nitrogens is 1. The molecule has 0 saturated carbocycles. The van der Waals surface area contributed by atoms with Gasteiger partial charge < -0.3 is 28.8 Å². The lowest BCUT2D eigenvalue weighted by molar-refractivity contribution is -0.870. The fraction of sp³-hybridized carbons (Fsp3) is 0.882. The van der Waals surface area contributed by atoms with Crippen molar-refractivity contribution in [3.8, 4) is 0 Å². The zero-order valence-corrected chi connectivity index (χ0v) is 58.5. The summed E-state index contributed by atoms with van der Waals surface area (Å²) in [5, 5.41) is 14.0. The Bertz CT molecular complexity index is 1530. The SMILES string of the molecule is CCCCCCC/C=C\C/C=C\CCCCCCCCCCCCCCCCCCCCCCCCCCCC(=O)NC(COP(=O)([O-])OCC[N+](C)(C)C)C(O)/C=C/CC/C=C/CCCCCCCCCCCCCCCCCCCCCC. The number of carbonyl (C=O) groups is 1. The molecule has 85 heavy (non-hydrogen) atoms. The Morgan fingerprint density at radius 2 is 0.694 bits per heavy atom. The standard InChI is InChI=1S/C76H147N2O6P/c1-6-8-10-12-14-16-18-20-22-24-26-28-30-32-34-35-36-37-38-39-40-41-42-43-44-46-48-50-52-54-56-58-60-62-64-66-68-70-76(80)77-74(73-84-85(81,82)83-72-71-78(3,4)5)75(79)69-67-65-63-61-59-57-55-53-51-49-47-45-33-31-29-27-25-23-21-19-17-15-13-11-9-7-2/h18,20,24,26,59,61,67,69,74-75,79H,6-17,19,21-23,25,27-58,60,62-66,68,70-73H2,1-5H3,(H-,77,80,81,82)/b20-18-,26-24-,61-59+,69-67+. The van der Waals surface area contributed by atoms with Gasteiger partial charge in [0.05, 0.1) is 39.9 Å². The van der Waals surface area contributed by atoms with E-state index in [1.54, 1.807) is 6.08 Å². The number of phosphoric acid groups is 1. The molecule has 0 aromatic carbocycles. The number of aliphatic hydroxyl groups is 1. The summed E-state index contributed by atoms with van der Waals surface area (Å²) in [5.74, 6) is -0.199. The number of phosphoric ester groups is 1. The molecule has 0 aromatic heterocycles. The molecular formula is C76H147N2O6P. The molecule has 2 N–H and O–H groups in total. The van der Waals surface area contributed by atoms with E-state index < -0.39 is 20.0 Å². The molecule has 0 rings (SSSR count). The molecule has 0 aliphatic rings. The van der Waals surface area contributed by atoms with Gasteiger partial charge in [0.2, 0.25) is 5.91 Å². The van der Waals surface area contributed by atoms with Crippen LogP contribution < -0.4 is 10.2 Å². The van der Waals surface area contributed by atoms with Crippen molar-refractivity contribution in [3.05, 3.63) is 48.6 Å². The summed E-state index contributed by atoms with van der Waals surface area (Å²) < 4.78 is 23.5. The van der Waals surface area contributed by atoms with Crippen LogP contribution in [0.5, 0.6) is 0 Å². The van der Waals surface area contributed by atoms with Gasteiger partial charge in [-0.25, -0.2) is 0 Å². The lowest BCUT2D eigenvalue weighted by atomic mass is 10.0. The molecule has 502 valence electrons. The van der Waals surface area contributed by atoms with Crippen LogP contribution in [0.3, 0.4) is 0 Å². The zero-order chi connectivity index (χ0) is 61.9. The average molecular weight is 1220 g/mol. The third kappa shape index (κ3) is 69.8. The first-order chi connectivity index (χ1) is 41.5. The monoisotopic (exact) mass is 1220 g/mol. The largest absolute Gasteiger partial charge is 0.756 e. The van der Waals surface area contributed by atoms with E-state index in [4.69, 9.17) is 9.05 Å². The lowest BCUT2D eigenvalue weighted by Crippen LogP contribution is -2.45. The van der Waals surface area contributed by atoms with Gasteiger partial charge in [0.25, 0.3) is 7.82 Å². The smallest absolute Gasteiger partial charge is 0.268 e. The van der Waals surface area contributed by atoms with Gasteiger partial charge in [-0.1, -0.05) is 358 Å². The third-order valence-corrected chi connectivity index (χ3v) is 18.2. The van der Waals surface area contributed by atoms with Crippen LogP contribution in [0.25, 0.3) is 0 Å². The summed E-state index contributed by atoms with van der Waals surface area (Å²) in [6.07, 6.45) is 91.2. The first kappa shape index (κ1) is 83.5. The topological polar surface area (TPSA) is 108 Å². The van der Waals surface area contributed by atoms with Crippen LogP contribution in [0.2, 0.25) is 0 Å². The van der Waals surface area contributed by atoms with Gasteiger partial charge in [0.1, 0.15) is 13.2 Å². The van der Waals surface area contributed by atoms with E-state index >= 15 is 0 Å². The fourth-order valence-corrected chi connectivity index (χ4v) is 12.2. The van der Waals surface area contributed by atoms with E-state index in [9.17, 15) is 19.4 Å². The minimum absolute atomic E-state index is 0.00473. The van der Waals surface area contributed by atoms with Crippen molar-refractivity contribution < 1.29 is 32.9 Å². The molecule has 9 heteroatoms. The molecule has 0 heterocycles. The minimum Gasteiger partial charge on any atom is -0.756 e. The van der Waals surface area contributed by atoms with Crippen molar-refractivity contribution in [1.82, 2.24) is 5.32 Å². The fourth-order valence-electron chi connectivity index (χ4n) is 11.4. The maximum atomic E-state index is 13.0. The molecule has 0 saturated heterocycles. The predicted molar refractivity (Wildman–Crippen MR) is 371 cm³/mol. The van der Waals surface area contributed by atoms with Gasteiger partial charge in [-0.2, -0.15) is 0 Å². The Balaban J connectivity index is 3.99. The molecule has 3 unspecified atom stereocenters. The molecule has 0 aromatic rings. The first-order valence-electron chi connectivity index (χ1n) is 37.5. The van der Waals surface area contributed by atoms with Crippen LogP contribution in [0, 0.1) is 0 Å². The summed E-state index contributed by atoms with van der Waals surface area (Å²) in [7, 11) is 1.26. The maximum absolute atomic E-state index is 13.0. The highest BCUT2D eigenvalue weighted by atomic mass is 31.2. The molecule has 0 radical (unpaired) electrons. The number of hydrogen-bond acceptors (Lipinski definition) is 6. The number of unbranched alkanes of at least 4 members (excludes halogenated alkanes) is 51. The second-order valence-electron chi connectivity index (χ2n) is 27.0. The van der Waals surface area contributed by atoms with Crippen molar-refractivity contribution in [1.29, 1.82) is 0 Å². The highest BCUT2D eigenvalue weighted by Crippen LogP contribution is 2.38. The molecule has 0 aliphatic carbocycles. The molecule has 0 bridgehead atoms. The summed E-state index contributed by atoms with van der Waals surface area (Å²) in [5.41, 5.74) is 0. The van der Waals surface area contributed by atoms with Crippen molar-refractivity contribution >= 4 is 13.7 Å². The number of carbonyl (C=O) groups excluding carboxylic acids is 1. The van der Waals surface area contributed by atoms with E-state index in [0.717, 1.165) is 44.9 Å². The molecule has 0 aliphatic heterocycles. The number of likely N-dealkylation sites (N-methyl/N-ethyl adjacent to an activating group) is 1. The van der Waals surface area contributed by atoms with Crippen LogP contribution in [-0.2, 0) is 18.4 Å². The van der Waals surface area contributed by atoms with E-state index in [1.165, 1.54) is 315 Å². The number of hydrogen-bond donors (Lipinski definition) is 2. The first-order valence-corrected chi connectivity index (χ1v) is 39.0. The molecular weight excluding hydrogens is 1070 g/mol. The minimum atomic E-state index is -4.61. The summed E-state index contributed by atoms with van der Waals surface area (Å²) >= 11 is 0. The van der Waals surface area contributed by atoms with Gasteiger partial charge in [-0.3, -0.25) is 9.36 Å². The summed E-state index contributed by atoms with van der Waals surface area (Å²) in [6, 6.07) is -0.904. The Morgan fingerprint density at radius 1 is 0.412 bits per heavy atom. The van der Waals surface area contributed by atoms with E-state index in [1.807, 2.05) is 27.2 Å². The van der Waals surface area contributed by atoms with Crippen LogP contribution >= 0.6 is 7.82 Å². The van der Waals surface area contributed by atoms with Gasteiger partial charge in [0.15, 0.2) is 0 Å². The molecule has 8 nitrogen and oxygen atoms in total. The molecule has 0 fully saturated rings. The van der Waals surface area contributed by atoms with Crippen LogP contribution in [0.4, 0.5) is 0 Å². The van der Waals surface area contributed by atoms with Crippen LogP contribution in [-0.4, -0.2) is 68.5 Å². The maximum Gasteiger partial charge on any atom is 0.268 e. The highest BCUT2D eigenvalue weighted by molar-refractivity contribution is 7.45. The van der Waals surface area contributed by atoms with E-state index in [-0.39, 0.29) is 19.1 Å². The Kier molecular flexibility index (Phi) is 65.7. The second-order valence-corrected chi connectivity index (χ2v) is 28.4. The summed E-state index contributed by atoms with van der Waals surface area (Å²) in [4.78, 5) is 25.7. The molecule has 3 atom stereocenters. The van der Waals surface area contributed by atoms with Crippen LogP contribution in [0.15, 0.2) is 48.6 Å². The van der Waals surface area contributed by atoms with Crippen LogP contribution in [0.1, 0.15) is 380 Å². The predicted octanol–water partition coefficient (Wildman–Crippen LogP) is 23.5. The summed E-state index contributed by atoms with van der Waals surface area (Å²) in [6.45, 7) is 4.68. The van der Waals surface area contributed by atoms with Crippen molar-refractivity contribution in [2.45, 2.75) is 392 Å². The van der Waals surface area contributed by atoms with E-state index in [0.29, 0.717) is 17.4 Å². The molecule has 0 spiro atoms. The second kappa shape index (κ2) is 66.9. The zero-order valence-electron chi connectivity index (χ0n) is 57.6. The van der Waals surface area contributed by atoms with Gasteiger partial charge in [-0.05, 0) is 64.2 Å². The number of allylic oxidation sites excluding steroid dienone is 7. The number of nitrogens with one attached hydrogen (secondary N) is 1. The number of rotatable bonds is 70. The Labute approximate surface area is 530 Å². The Hall–Kier alpha value is -1.54. The van der Waals surface area contributed by atoms with Crippen molar-refractivity contribution in [2.24, 2.45) is 0 Å². The third-order valence-electron chi connectivity index (χ3n) is 17.3. The number of aliphatic hydroxyl groups excluding tert-OH is 1. The average Bonchev–Trinajstić information content (AvgIpc) is 3.49. The van der Waals surface area contributed by atoms with Crippen molar-refractivity contribution in [3.63, 3.8) is 0 Å². The lowest BCUT2D eigenvalue weighted by Gasteiger charge is -2.29. The quantitative estimate of drug-likeness (QED) is 0.0272. The van der Waals surface area contributed by atoms with Crippen molar-refractivity contribution in [2.75, 3.05) is 40.9 Å². The number of nitrogens with zero attached hydrogens (tertiary/aromatic N) is 1. The normalized spacial score (nSPS) is 13.8. The van der Waals surface area contributed by atoms with Gasteiger partial charge >= 0.3 is 0 Å². The van der Waals surface area contributed by atoms with Gasteiger partial charge in [0, 0.05) is 6.42 Å². The molecule has 1 amide bonds. The van der Waals surface area contributed by atoms with Gasteiger partial charge in [-0.15, -0.1) is 0 Å². The number of amides is 1. The van der Waals surface area contributed by atoms with E-state index in [2.05, 4.69) is 55.6 Å². The Morgan fingerprint density at radius 3 is 1.02 bits per heavy atom. The highest BCUT2D eigenvalue weighted by Gasteiger charge is 2.23.